The molecule has 0 saturated carbocycles. The van der Waals surface area contributed by atoms with E-state index in [1.54, 1.807) is 6.07 Å². The van der Waals surface area contributed by atoms with Crippen LogP contribution in [0, 0.1) is 12.8 Å². The van der Waals surface area contributed by atoms with E-state index >= 15 is 0 Å². The molecule has 0 radical (unpaired) electrons. The van der Waals surface area contributed by atoms with Gasteiger partial charge in [-0.15, -0.1) is 0 Å². The van der Waals surface area contributed by atoms with E-state index in [1.165, 1.54) is 11.3 Å². The quantitative estimate of drug-likeness (QED) is 0.604. The molecule has 7 heteroatoms. The summed E-state index contributed by atoms with van der Waals surface area (Å²) >= 11 is 1.38. The van der Waals surface area contributed by atoms with Gasteiger partial charge in [0.15, 0.2) is 5.13 Å². The van der Waals surface area contributed by atoms with Crippen LogP contribution in [-0.4, -0.2) is 29.4 Å². The summed E-state index contributed by atoms with van der Waals surface area (Å²) in [5, 5.41) is 6.20. The lowest BCUT2D eigenvalue weighted by Gasteiger charge is -2.21. The van der Waals surface area contributed by atoms with Gasteiger partial charge < -0.3 is 15.4 Å². The average molecular weight is 412 g/mol. The van der Waals surface area contributed by atoms with Crippen molar-refractivity contribution in [2.75, 3.05) is 11.9 Å². The van der Waals surface area contributed by atoms with Crippen LogP contribution < -0.4 is 15.4 Å². The first kappa shape index (κ1) is 20.8. The van der Waals surface area contributed by atoms with Gasteiger partial charge in [0.1, 0.15) is 11.8 Å². The topological polar surface area (TPSA) is 80.3 Å². The molecule has 0 saturated heterocycles. The zero-order valence-corrected chi connectivity index (χ0v) is 17.8. The van der Waals surface area contributed by atoms with Gasteiger partial charge in [0.2, 0.25) is 5.91 Å². The van der Waals surface area contributed by atoms with E-state index in [2.05, 4.69) is 15.6 Å². The summed E-state index contributed by atoms with van der Waals surface area (Å²) in [6, 6.07) is 12.3. The molecular formula is C22H25N3O3S. The smallest absolute Gasteiger partial charge is 0.252 e. The molecule has 0 fully saturated rings. The fraction of sp³-hybridized carbons (Fsp3) is 0.318. The molecule has 2 amide bonds. The summed E-state index contributed by atoms with van der Waals surface area (Å²) in [6.07, 6.45) is 0. The van der Waals surface area contributed by atoms with Crippen LogP contribution in [0.2, 0.25) is 0 Å². The Morgan fingerprint density at radius 3 is 2.62 bits per heavy atom. The summed E-state index contributed by atoms with van der Waals surface area (Å²) in [6.45, 7) is 8.19. The van der Waals surface area contributed by atoms with Crippen molar-refractivity contribution in [1.82, 2.24) is 10.3 Å². The Kier molecular flexibility index (Phi) is 6.49. The van der Waals surface area contributed by atoms with Gasteiger partial charge in [-0.05, 0) is 49.6 Å². The highest BCUT2D eigenvalue weighted by molar-refractivity contribution is 7.22. The van der Waals surface area contributed by atoms with Crippen LogP contribution in [-0.2, 0) is 4.79 Å². The van der Waals surface area contributed by atoms with E-state index in [-0.39, 0.29) is 17.7 Å². The maximum atomic E-state index is 12.9. The van der Waals surface area contributed by atoms with E-state index in [1.807, 2.05) is 64.1 Å². The monoisotopic (exact) mass is 411 g/mol. The van der Waals surface area contributed by atoms with Crippen LogP contribution in [0.15, 0.2) is 42.5 Å². The van der Waals surface area contributed by atoms with Gasteiger partial charge in [-0.1, -0.05) is 43.4 Å². The predicted molar refractivity (Wildman–Crippen MR) is 117 cm³/mol. The van der Waals surface area contributed by atoms with Crippen molar-refractivity contribution in [3.05, 3.63) is 53.6 Å². The number of fused-ring (bicyclic) bond motifs is 1. The Morgan fingerprint density at radius 1 is 1.17 bits per heavy atom. The minimum Gasteiger partial charge on any atom is -0.494 e. The van der Waals surface area contributed by atoms with Crippen molar-refractivity contribution in [2.24, 2.45) is 5.92 Å². The zero-order valence-electron chi connectivity index (χ0n) is 17.0. The predicted octanol–water partition coefficient (Wildman–Crippen LogP) is 4.40. The maximum absolute atomic E-state index is 12.9. The van der Waals surface area contributed by atoms with Crippen molar-refractivity contribution in [1.29, 1.82) is 0 Å². The summed E-state index contributed by atoms with van der Waals surface area (Å²) in [5.74, 6) is 0.141. The number of nitrogens with one attached hydrogen (secondary N) is 2. The van der Waals surface area contributed by atoms with Crippen molar-refractivity contribution in [2.45, 2.75) is 33.7 Å². The second-order valence-corrected chi connectivity index (χ2v) is 8.11. The Morgan fingerprint density at radius 2 is 1.93 bits per heavy atom. The third kappa shape index (κ3) is 4.92. The number of amides is 2. The lowest BCUT2D eigenvalue weighted by Crippen LogP contribution is -2.47. The molecule has 29 heavy (non-hydrogen) atoms. The molecule has 0 bridgehead atoms. The Balaban J connectivity index is 1.75. The number of rotatable bonds is 7. The molecule has 3 aromatic rings. The molecule has 0 aliphatic rings. The third-order valence-electron chi connectivity index (χ3n) is 4.53. The van der Waals surface area contributed by atoms with Crippen LogP contribution in [0.25, 0.3) is 10.2 Å². The number of carbonyl (C=O) groups excluding carboxylic acids is 2. The zero-order chi connectivity index (χ0) is 21.0. The first-order chi connectivity index (χ1) is 13.9. The van der Waals surface area contributed by atoms with Crippen LogP contribution >= 0.6 is 11.3 Å². The van der Waals surface area contributed by atoms with E-state index in [0.29, 0.717) is 17.3 Å². The molecule has 3 rings (SSSR count). The molecule has 1 atom stereocenters. The molecule has 0 aliphatic carbocycles. The molecule has 152 valence electrons. The van der Waals surface area contributed by atoms with Crippen LogP contribution in [0.4, 0.5) is 5.13 Å². The molecule has 0 spiro atoms. The Bertz CT molecular complexity index is 1030. The molecule has 2 N–H and O–H groups in total. The summed E-state index contributed by atoms with van der Waals surface area (Å²) in [7, 11) is 0. The number of aromatic nitrogens is 1. The lowest BCUT2D eigenvalue weighted by molar-refractivity contribution is -0.118. The minimum absolute atomic E-state index is 0.0816. The number of carbonyl (C=O) groups is 2. The second-order valence-electron chi connectivity index (χ2n) is 7.08. The minimum atomic E-state index is -0.673. The molecule has 2 aromatic carbocycles. The number of ether oxygens (including phenoxy) is 1. The summed E-state index contributed by atoms with van der Waals surface area (Å²) in [4.78, 5) is 30.0. The third-order valence-corrected chi connectivity index (χ3v) is 5.46. The van der Waals surface area contributed by atoms with Gasteiger partial charge in [0.25, 0.3) is 5.91 Å². The van der Waals surface area contributed by atoms with Crippen molar-refractivity contribution < 1.29 is 14.3 Å². The summed E-state index contributed by atoms with van der Waals surface area (Å²) in [5.41, 5.74) is 2.22. The Hall–Kier alpha value is -2.93. The number of aryl methyl sites for hydroxylation is 1. The van der Waals surface area contributed by atoms with Gasteiger partial charge in [-0.25, -0.2) is 4.98 Å². The van der Waals surface area contributed by atoms with Crippen LogP contribution in [0.3, 0.4) is 0 Å². The van der Waals surface area contributed by atoms with Crippen molar-refractivity contribution >= 4 is 38.5 Å². The number of benzene rings is 2. The van der Waals surface area contributed by atoms with Gasteiger partial charge in [-0.2, -0.15) is 0 Å². The molecule has 6 nitrogen and oxygen atoms in total. The first-order valence-corrected chi connectivity index (χ1v) is 10.4. The Labute approximate surface area is 174 Å². The number of hydrogen-bond donors (Lipinski definition) is 2. The van der Waals surface area contributed by atoms with Crippen molar-refractivity contribution in [3.8, 4) is 5.75 Å². The van der Waals surface area contributed by atoms with Gasteiger partial charge in [0.05, 0.1) is 16.8 Å². The van der Waals surface area contributed by atoms with Crippen LogP contribution in [0.1, 0.15) is 36.7 Å². The molecule has 1 heterocycles. The normalized spacial score (nSPS) is 12.0. The summed E-state index contributed by atoms with van der Waals surface area (Å²) < 4.78 is 6.44. The number of thiazole rings is 1. The van der Waals surface area contributed by atoms with E-state index < -0.39 is 6.04 Å². The first-order valence-electron chi connectivity index (χ1n) is 9.59. The number of anilines is 1. The van der Waals surface area contributed by atoms with Gasteiger partial charge in [0, 0.05) is 5.56 Å². The van der Waals surface area contributed by atoms with E-state index in [4.69, 9.17) is 4.74 Å². The highest BCUT2D eigenvalue weighted by atomic mass is 32.1. The highest BCUT2D eigenvalue weighted by Crippen LogP contribution is 2.29. The fourth-order valence-electron chi connectivity index (χ4n) is 2.98. The van der Waals surface area contributed by atoms with E-state index in [9.17, 15) is 9.59 Å². The molecule has 0 aliphatic heterocycles. The largest absolute Gasteiger partial charge is 0.494 e. The van der Waals surface area contributed by atoms with Crippen LogP contribution in [0.5, 0.6) is 5.75 Å². The maximum Gasteiger partial charge on any atom is 0.252 e. The van der Waals surface area contributed by atoms with E-state index in [0.717, 1.165) is 21.5 Å². The van der Waals surface area contributed by atoms with Crippen molar-refractivity contribution in [3.63, 3.8) is 0 Å². The molecular weight excluding hydrogens is 386 g/mol. The number of nitrogens with zero attached hydrogens (tertiary/aromatic N) is 1. The lowest BCUT2D eigenvalue weighted by atomic mass is 10.0. The SMILES string of the molecule is CCOc1ccc2nc(NC(=O)[C@@H](NC(=O)c3ccccc3C)C(C)C)sc2c1. The molecule has 0 unspecified atom stereocenters. The standard InChI is InChI=1S/C22H25N3O3S/c1-5-28-15-10-11-17-18(12-15)29-22(23-17)25-21(27)19(13(2)3)24-20(26)16-9-7-6-8-14(16)4/h6-13,19H,5H2,1-4H3,(H,24,26)(H,23,25,27)/t19-/m0/s1. The highest BCUT2D eigenvalue weighted by Gasteiger charge is 2.26. The molecule has 1 aromatic heterocycles. The average Bonchev–Trinajstić information content (AvgIpc) is 3.07. The second kappa shape index (κ2) is 9.05. The number of hydrogen-bond acceptors (Lipinski definition) is 5. The van der Waals surface area contributed by atoms with Gasteiger partial charge in [-0.3, -0.25) is 9.59 Å². The fourth-order valence-corrected chi connectivity index (χ4v) is 3.88. The van der Waals surface area contributed by atoms with Gasteiger partial charge >= 0.3 is 0 Å².